The summed E-state index contributed by atoms with van der Waals surface area (Å²) in [5.74, 6) is 2.32. The maximum Gasteiger partial charge on any atom is 0.227 e. The minimum Gasteiger partial charge on any atom is -0.497 e. The fraction of sp³-hybridized carbons (Fsp3) is 0.632. The van der Waals surface area contributed by atoms with Crippen LogP contribution in [-0.2, 0) is 11.3 Å². The maximum absolute atomic E-state index is 12.7. The molecule has 0 N–H and O–H groups in total. The van der Waals surface area contributed by atoms with E-state index in [0.29, 0.717) is 11.9 Å². The highest BCUT2D eigenvalue weighted by Crippen LogP contribution is 2.35. The number of carbonyl (C=O) groups is 1. The molecule has 1 amide bonds. The van der Waals surface area contributed by atoms with E-state index in [4.69, 9.17) is 4.74 Å². The van der Waals surface area contributed by atoms with Gasteiger partial charge >= 0.3 is 0 Å². The predicted octanol–water partition coefficient (Wildman–Crippen LogP) is 2.53. The Morgan fingerprint density at radius 2 is 2.04 bits per heavy atom. The highest BCUT2D eigenvalue weighted by molar-refractivity contribution is 5.80. The Hall–Kier alpha value is -1.55. The highest BCUT2D eigenvalue weighted by Gasteiger charge is 2.42. The number of fused-ring (bicyclic) bond motifs is 4. The molecule has 4 aliphatic rings. The molecule has 3 heterocycles. The van der Waals surface area contributed by atoms with Crippen LogP contribution in [0.3, 0.4) is 0 Å². The molecule has 0 unspecified atom stereocenters. The number of piperidine rings is 1. The van der Waals surface area contributed by atoms with Gasteiger partial charge in [-0.3, -0.25) is 9.69 Å². The Morgan fingerprint density at radius 3 is 2.83 bits per heavy atom. The molecule has 1 aromatic rings. The van der Waals surface area contributed by atoms with Crippen molar-refractivity contribution in [2.45, 2.75) is 38.3 Å². The van der Waals surface area contributed by atoms with Crippen molar-refractivity contribution in [3.8, 4) is 5.75 Å². The van der Waals surface area contributed by atoms with Gasteiger partial charge in [0.2, 0.25) is 5.91 Å². The van der Waals surface area contributed by atoms with Crippen LogP contribution in [0, 0.1) is 11.8 Å². The zero-order valence-corrected chi connectivity index (χ0v) is 13.9. The number of rotatable bonds is 5. The van der Waals surface area contributed by atoms with E-state index in [2.05, 4.69) is 21.9 Å². The lowest BCUT2D eigenvalue weighted by Gasteiger charge is -2.36. The van der Waals surface area contributed by atoms with Crippen LogP contribution in [-0.4, -0.2) is 48.5 Å². The maximum atomic E-state index is 12.7. The minimum absolute atomic E-state index is 0.207. The fourth-order valence-electron chi connectivity index (χ4n) is 4.11. The molecule has 4 heteroatoms. The fourth-order valence-corrected chi connectivity index (χ4v) is 4.11. The Labute approximate surface area is 138 Å². The molecular weight excluding hydrogens is 288 g/mol. The summed E-state index contributed by atoms with van der Waals surface area (Å²) in [5, 5.41) is 0. The number of methoxy groups -OCH3 is 1. The third-order valence-corrected chi connectivity index (χ3v) is 5.56. The summed E-state index contributed by atoms with van der Waals surface area (Å²) in [6.07, 6.45) is 4.88. The van der Waals surface area contributed by atoms with Crippen molar-refractivity contribution in [1.29, 1.82) is 0 Å². The monoisotopic (exact) mass is 314 g/mol. The third kappa shape index (κ3) is 3.23. The summed E-state index contributed by atoms with van der Waals surface area (Å²) in [7, 11) is 1.71. The van der Waals surface area contributed by atoms with Gasteiger partial charge in [-0.15, -0.1) is 0 Å². The third-order valence-electron chi connectivity index (χ3n) is 5.56. The van der Waals surface area contributed by atoms with Crippen molar-refractivity contribution >= 4 is 5.91 Å². The van der Waals surface area contributed by atoms with Crippen LogP contribution < -0.4 is 4.74 Å². The summed E-state index contributed by atoms with van der Waals surface area (Å²) >= 11 is 0. The van der Waals surface area contributed by atoms with Crippen LogP contribution in [0.15, 0.2) is 24.3 Å². The van der Waals surface area contributed by atoms with E-state index in [0.717, 1.165) is 44.3 Å². The van der Waals surface area contributed by atoms with Crippen LogP contribution in [0.5, 0.6) is 5.75 Å². The first kappa shape index (κ1) is 15.0. The van der Waals surface area contributed by atoms with Crippen molar-refractivity contribution in [1.82, 2.24) is 9.80 Å². The summed E-state index contributed by atoms with van der Waals surface area (Å²) in [4.78, 5) is 17.4. The Bertz CT molecular complexity index is 584. The summed E-state index contributed by atoms with van der Waals surface area (Å²) in [5.41, 5.74) is 1.27. The van der Waals surface area contributed by atoms with Crippen LogP contribution in [0.25, 0.3) is 0 Å². The zero-order chi connectivity index (χ0) is 15.8. The second kappa shape index (κ2) is 6.16. The second-order valence-corrected chi connectivity index (χ2v) is 7.41. The molecule has 3 saturated heterocycles. The van der Waals surface area contributed by atoms with Crippen molar-refractivity contribution in [3.05, 3.63) is 29.8 Å². The lowest BCUT2D eigenvalue weighted by molar-refractivity contribution is -0.140. The quantitative estimate of drug-likeness (QED) is 0.837. The molecule has 1 aliphatic carbocycles. The number of hydrogen-bond acceptors (Lipinski definition) is 3. The highest BCUT2D eigenvalue weighted by atomic mass is 16.5. The number of benzene rings is 1. The largest absolute Gasteiger partial charge is 0.497 e. The van der Waals surface area contributed by atoms with Gasteiger partial charge in [0.15, 0.2) is 0 Å². The molecule has 1 saturated carbocycles. The van der Waals surface area contributed by atoms with Gasteiger partial charge in [0.05, 0.1) is 13.0 Å². The summed E-state index contributed by atoms with van der Waals surface area (Å²) in [6, 6.07) is 8.71. The molecule has 0 aromatic heterocycles. The summed E-state index contributed by atoms with van der Waals surface area (Å²) < 4.78 is 5.33. The van der Waals surface area contributed by atoms with Gasteiger partial charge in [0.1, 0.15) is 5.75 Å². The average Bonchev–Trinajstić information content (AvgIpc) is 3.39. The van der Waals surface area contributed by atoms with Gasteiger partial charge < -0.3 is 9.64 Å². The van der Waals surface area contributed by atoms with Crippen molar-refractivity contribution in [2.75, 3.05) is 26.7 Å². The lowest BCUT2D eigenvalue weighted by Crippen LogP contribution is -2.48. The average molecular weight is 314 g/mol. The normalized spacial score (nSPS) is 28.0. The molecule has 2 atom stereocenters. The molecule has 2 bridgehead atoms. The standard InChI is InChI=1S/C19H26N2O2/c1-23-18-4-2-3-15(9-18)10-20-12-16-7-8-17(13-20)21(19(16)22)11-14-5-6-14/h2-4,9,14,16-17H,5-8,10-13H2,1H3/t16-,17+/m0/s1. The molecule has 124 valence electrons. The summed E-state index contributed by atoms with van der Waals surface area (Å²) in [6.45, 7) is 3.85. The Kier molecular flexibility index (Phi) is 4.02. The van der Waals surface area contributed by atoms with Gasteiger partial charge in [-0.1, -0.05) is 12.1 Å². The first-order valence-electron chi connectivity index (χ1n) is 8.88. The Morgan fingerprint density at radius 1 is 1.17 bits per heavy atom. The molecule has 23 heavy (non-hydrogen) atoms. The van der Waals surface area contributed by atoms with Gasteiger partial charge in [-0.25, -0.2) is 0 Å². The number of ether oxygens (including phenoxy) is 1. The van der Waals surface area contributed by atoms with E-state index in [-0.39, 0.29) is 5.92 Å². The van der Waals surface area contributed by atoms with Crippen LogP contribution in [0.4, 0.5) is 0 Å². The molecule has 3 aliphatic heterocycles. The molecule has 4 fully saturated rings. The SMILES string of the molecule is COc1cccc(CN2C[C@@H]3CC[C@H](C2)N(CC2CC2)C3=O)c1. The van der Waals surface area contributed by atoms with E-state index in [1.165, 1.54) is 24.8 Å². The lowest BCUT2D eigenvalue weighted by atomic mass is 9.94. The van der Waals surface area contributed by atoms with Gasteiger partial charge in [-0.05, 0) is 49.3 Å². The first-order valence-corrected chi connectivity index (χ1v) is 8.88. The number of amides is 1. The van der Waals surface area contributed by atoms with Crippen LogP contribution in [0.2, 0.25) is 0 Å². The number of hydrogen-bond donors (Lipinski definition) is 0. The van der Waals surface area contributed by atoms with Gasteiger partial charge in [-0.2, -0.15) is 0 Å². The molecular formula is C19H26N2O2. The smallest absolute Gasteiger partial charge is 0.227 e. The van der Waals surface area contributed by atoms with Crippen molar-refractivity contribution in [2.24, 2.45) is 11.8 Å². The van der Waals surface area contributed by atoms with Crippen molar-refractivity contribution in [3.63, 3.8) is 0 Å². The van der Waals surface area contributed by atoms with E-state index in [1.807, 2.05) is 12.1 Å². The molecule has 5 rings (SSSR count). The van der Waals surface area contributed by atoms with E-state index >= 15 is 0 Å². The molecule has 0 radical (unpaired) electrons. The Balaban J connectivity index is 1.47. The molecule has 0 spiro atoms. The van der Waals surface area contributed by atoms with Gasteiger partial charge in [0, 0.05) is 32.2 Å². The number of nitrogens with zero attached hydrogens (tertiary/aromatic N) is 2. The van der Waals surface area contributed by atoms with Crippen molar-refractivity contribution < 1.29 is 9.53 Å². The van der Waals surface area contributed by atoms with Gasteiger partial charge in [0.25, 0.3) is 0 Å². The first-order chi connectivity index (χ1) is 11.2. The topological polar surface area (TPSA) is 32.8 Å². The van der Waals surface area contributed by atoms with E-state index in [9.17, 15) is 4.79 Å². The number of carbonyl (C=O) groups excluding carboxylic acids is 1. The van der Waals surface area contributed by atoms with E-state index in [1.54, 1.807) is 7.11 Å². The zero-order valence-electron chi connectivity index (χ0n) is 13.9. The van der Waals surface area contributed by atoms with E-state index < -0.39 is 0 Å². The molecule has 1 aromatic carbocycles. The predicted molar refractivity (Wildman–Crippen MR) is 89.2 cm³/mol. The minimum atomic E-state index is 0.207. The van der Waals surface area contributed by atoms with Crippen LogP contribution >= 0.6 is 0 Å². The van der Waals surface area contributed by atoms with Crippen LogP contribution in [0.1, 0.15) is 31.2 Å². The molecule has 4 nitrogen and oxygen atoms in total. The second-order valence-electron chi connectivity index (χ2n) is 7.41.